The predicted molar refractivity (Wildman–Crippen MR) is 94.3 cm³/mol. The van der Waals surface area contributed by atoms with E-state index in [-0.39, 0.29) is 30.9 Å². The quantitative estimate of drug-likeness (QED) is 0.810. The molecule has 0 radical (unpaired) electrons. The third kappa shape index (κ3) is 5.04. The van der Waals surface area contributed by atoms with Crippen LogP contribution in [0.3, 0.4) is 0 Å². The first-order chi connectivity index (χ1) is 9.13. The van der Waals surface area contributed by atoms with Gasteiger partial charge in [-0.3, -0.25) is 4.90 Å². The molecule has 1 aromatic rings. The van der Waals surface area contributed by atoms with Gasteiger partial charge in [-0.2, -0.15) is 0 Å². The van der Waals surface area contributed by atoms with Gasteiger partial charge in [0.15, 0.2) is 0 Å². The standard InChI is InChI=1S/C15H21ClN2O.2ClH/c1-3-4-14(18-7-5-17-6-8-18)13-10-12(16)9-11(2)15(13)19;;/h3,9-10,14,17,19H,1,4-8H2,2H3;2*1H/t14-;;/m0../s1. The molecule has 21 heavy (non-hydrogen) atoms. The molecule has 1 atom stereocenters. The second-order valence-corrected chi connectivity index (χ2v) is 5.42. The molecular formula is C15H23Cl3N2O. The zero-order chi connectivity index (χ0) is 13.8. The van der Waals surface area contributed by atoms with Gasteiger partial charge in [-0.25, -0.2) is 0 Å². The van der Waals surface area contributed by atoms with Crippen molar-refractivity contribution in [2.45, 2.75) is 19.4 Å². The Morgan fingerprint density at radius 3 is 2.57 bits per heavy atom. The minimum atomic E-state index is 0. The number of aryl methyl sites for hydroxylation is 1. The fourth-order valence-electron chi connectivity index (χ4n) is 2.64. The second kappa shape index (κ2) is 9.54. The van der Waals surface area contributed by atoms with E-state index >= 15 is 0 Å². The number of hydrogen-bond donors (Lipinski definition) is 2. The Morgan fingerprint density at radius 1 is 1.38 bits per heavy atom. The summed E-state index contributed by atoms with van der Waals surface area (Å²) >= 11 is 6.14. The first kappa shape index (κ1) is 20.6. The van der Waals surface area contributed by atoms with Crippen LogP contribution in [0.2, 0.25) is 5.02 Å². The minimum absolute atomic E-state index is 0. The van der Waals surface area contributed by atoms with E-state index < -0.39 is 0 Å². The highest BCUT2D eigenvalue weighted by Gasteiger charge is 2.24. The van der Waals surface area contributed by atoms with Crippen LogP contribution >= 0.6 is 36.4 Å². The SMILES string of the molecule is C=CC[C@@H](c1cc(Cl)cc(C)c1O)N1CCNCC1.Cl.Cl. The lowest BCUT2D eigenvalue weighted by molar-refractivity contribution is 0.172. The lowest BCUT2D eigenvalue weighted by Crippen LogP contribution is -2.45. The van der Waals surface area contributed by atoms with Crippen LogP contribution in [0.25, 0.3) is 0 Å². The highest BCUT2D eigenvalue weighted by molar-refractivity contribution is 6.30. The van der Waals surface area contributed by atoms with Crippen LogP contribution in [0.5, 0.6) is 5.75 Å². The first-order valence-corrected chi connectivity index (χ1v) is 7.06. The minimum Gasteiger partial charge on any atom is -0.507 e. The summed E-state index contributed by atoms with van der Waals surface area (Å²) < 4.78 is 0. The summed E-state index contributed by atoms with van der Waals surface area (Å²) in [5.74, 6) is 0.356. The monoisotopic (exact) mass is 352 g/mol. The number of benzene rings is 1. The molecule has 0 bridgehead atoms. The Balaban J connectivity index is 0.00000200. The molecule has 1 fully saturated rings. The average Bonchev–Trinajstić information content (AvgIpc) is 2.41. The lowest BCUT2D eigenvalue weighted by atomic mass is 9.98. The summed E-state index contributed by atoms with van der Waals surface area (Å²) in [6.07, 6.45) is 2.72. The van der Waals surface area contributed by atoms with Crippen molar-refractivity contribution in [2.75, 3.05) is 26.2 Å². The van der Waals surface area contributed by atoms with Gasteiger partial charge in [0.05, 0.1) is 0 Å². The normalized spacial score (nSPS) is 16.5. The highest BCUT2D eigenvalue weighted by Crippen LogP contribution is 2.36. The van der Waals surface area contributed by atoms with Crippen LogP contribution < -0.4 is 5.32 Å². The summed E-state index contributed by atoms with van der Waals surface area (Å²) in [4.78, 5) is 2.38. The molecule has 1 aliphatic heterocycles. The van der Waals surface area contributed by atoms with Crippen LogP contribution in [0, 0.1) is 6.92 Å². The molecule has 1 aromatic carbocycles. The molecule has 0 unspecified atom stereocenters. The zero-order valence-corrected chi connectivity index (χ0v) is 14.5. The average molecular weight is 354 g/mol. The molecule has 2 rings (SSSR count). The van der Waals surface area contributed by atoms with E-state index in [1.807, 2.05) is 19.1 Å². The molecule has 2 N–H and O–H groups in total. The van der Waals surface area contributed by atoms with Gasteiger partial charge >= 0.3 is 0 Å². The van der Waals surface area contributed by atoms with E-state index in [1.54, 1.807) is 6.07 Å². The van der Waals surface area contributed by atoms with Gasteiger partial charge in [-0.05, 0) is 31.0 Å². The van der Waals surface area contributed by atoms with Crippen molar-refractivity contribution >= 4 is 36.4 Å². The van der Waals surface area contributed by atoms with E-state index in [0.29, 0.717) is 10.8 Å². The molecule has 3 nitrogen and oxygen atoms in total. The highest BCUT2D eigenvalue weighted by atomic mass is 35.5. The maximum Gasteiger partial charge on any atom is 0.123 e. The zero-order valence-electron chi connectivity index (χ0n) is 12.1. The summed E-state index contributed by atoms with van der Waals surface area (Å²) in [7, 11) is 0. The number of nitrogens with zero attached hydrogens (tertiary/aromatic N) is 1. The van der Waals surface area contributed by atoms with E-state index in [4.69, 9.17) is 11.6 Å². The van der Waals surface area contributed by atoms with Crippen molar-refractivity contribution in [3.05, 3.63) is 40.9 Å². The predicted octanol–water partition coefficient (Wildman–Crippen LogP) is 3.72. The number of piperazine rings is 1. The topological polar surface area (TPSA) is 35.5 Å². The Morgan fingerprint density at radius 2 is 2.00 bits per heavy atom. The van der Waals surface area contributed by atoms with Crippen molar-refractivity contribution < 1.29 is 5.11 Å². The lowest BCUT2D eigenvalue weighted by Gasteiger charge is -2.35. The van der Waals surface area contributed by atoms with Crippen LogP contribution in [-0.4, -0.2) is 36.2 Å². The molecule has 120 valence electrons. The summed E-state index contributed by atoms with van der Waals surface area (Å²) in [6, 6.07) is 3.82. The van der Waals surface area contributed by atoms with E-state index in [9.17, 15) is 5.11 Å². The number of nitrogens with one attached hydrogen (secondary N) is 1. The van der Waals surface area contributed by atoms with Crippen molar-refractivity contribution in [1.29, 1.82) is 0 Å². The van der Waals surface area contributed by atoms with Gasteiger partial charge in [-0.1, -0.05) is 17.7 Å². The molecular weight excluding hydrogens is 331 g/mol. The third-order valence-corrected chi connectivity index (χ3v) is 3.85. The van der Waals surface area contributed by atoms with Crippen molar-refractivity contribution in [3.63, 3.8) is 0 Å². The number of rotatable bonds is 4. The number of aromatic hydroxyl groups is 1. The molecule has 1 heterocycles. The van der Waals surface area contributed by atoms with Gasteiger partial charge in [0.25, 0.3) is 0 Å². The largest absolute Gasteiger partial charge is 0.507 e. The Hall–Kier alpha value is -0.450. The molecule has 1 saturated heterocycles. The number of phenols is 1. The smallest absolute Gasteiger partial charge is 0.123 e. The van der Waals surface area contributed by atoms with Crippen molar-refractivity contribution in [2.24, 2.45) is 0 Å². The molecule has 0 amide bonds. The van der Waals surface area contributed by atoms with Crippen LogP contribution in [-0.2, 0) is 0 Å². The summed E-state index contributed by atoms with van der Waals surface area (Å²) in [6.45, 7) is 9.63. The summed E-state index contributed by atoms with van der Waals surface area (Å²) in [5.41, 5.74) is 1.73. The van der Waals surface area contributed by atoms with Crippen molar-refractivity contribution in [1.82, 2.24) is 10.2 Å². The molecule has 0 spiro atoms. The molecule has 0 aromatic heterocycles. The molecule has 6 heteroatoms. The molecule has 0 saturated carbocycles. The maximum absolute atomic E-state index is 10.3. The van der Waals surface area contributed by atoms with Gasteiger partial charge < -0.3 is 10.4 Å². The number of phenolic OH excluding ortho intramolecular Hbond substituents is 1. The van der Waals surface area contributed by atoms with Gasteiger partial charge in [-0.15, -0.1) is 31.4 Å². The molecule has 0 aliphatic carbocycles. The number of hydrogen-bond acceptors (Lipinski definition) is 3. The van der Waals surface area contributed by atoms with Gasteiger partial charge in [0, 0.05) is 42.8 Å². The van der Waals surface area contributed by atoms with Gasteiger partial charge in [0.1, 0.15) is 5.75 Å². The van der Waals surface area contributed by atoms with E-state index in [0.717, 1.165) is 43.7 Å². The fraction of sp³-hybridized carbons (Fsp3) is 0.467. The maximum atomic E-state index is 10.3. The first-order valence-electron chi connectivity index (χ1n) is 6.68. The number of halogens is 3. The van der Waals surface area contributed by atoms with E-state index in [2.05, 4.69) is 16.8 Å². The second-order valence-electron chi connectivity index (χ2n) is 4.99. The Bertz CT molecular complexity index is 462. The summed E-state index contributed by atoms with van der Waals surface area (Å²) in [5, 5.41) is 14.3. The fourth-order valence-corrected chi connectivity index (χ4v) is 2.92. The van der Waals surface area contributed by atoms with Gasteiger partial charge in [0.2, 0.25) is 0 Å². The Kier molecular flexibility index (Phi) is 9.34. The van der Waals surface area contributed by atoms with E-state index in [1.165, 1.54) is 0 Å². The van der Waals surface area contributed by atoms with Crippen LogP contribution in [0.1, 0.15) is 23.6 Å². The van der Waals surface area contributed by atoms with Crippen LogP contribution in [0.15, 0.2) is 24.8 Å². The molecule has 1 aliphatic rings. The third-order valence-electron chi connectivity index (χ3n) is 3.64. The van der Waals surface area contributed by atoms with Crippen LogP contribution in [0.4, 0.5) is 0 Å². The Labute approximate surface area is 144 Å². The van der Waals surface area contributed by atoms with Crippen molar-refractivity contribution in [3.8, 4) is 5.75 Å².